The number of H-pyrrole nitrogens is 1. The second-order valence-corrected chi connectivity index (χ2v) is 8.26. The van der Waals surface area contributed by atoms with Crippen LogP contribution in [0.4, 0.5) is 5.69 Å². The Morgan fingerprint density at radius 3 is 2.56 bits per heavy atom. The number of ether oxygens (including phenoxy) is 1. The molecule has 6 nitrogen and oxygen atoms in total. The highest BCUT2D eigenvalue weighted by Gasteiger charge is 2.19. The number of sulfonamides is 1. The first kappa shape index (κ1) is 17.5. The van der Waals surface area contributed by atoms with E-state index in [-0.39, 0.29) is 11.7 Å². The van der Waals surface area contributed by atoms with E-state index in [1.54, 1.807) is 37.4 Å². The molecule has 2 N–H and O–H groups in total. The molecule has 0 aliphatic heterocycles. The first-order chi connectivity index (χ1) is 11.8. The van der Waals surface area contributed by atoms with Crippen molar-refractivity contribution in [3.05, 3.63) is 46.4 Å². The Labute approximate surface area is 147 Å². The van der Waals surface area contributed by atoms with Gasteiger partial charge in [0, 0.05) is 28.6 Å². The van der Waals surface area contributed by atoms with Crippen LogP contribution in [-0.2, 0) is 10.0 Å². The standard InChI is InChI=1S/C18H22N2O4S/c1-12-9-13(11-19-18(12)21)16-10-14(20-25(2,22)23)7-8-17(16)24-15-5-3-4-6-15/h7-11,15,20H,3-6H2,1-2H3,(H,19,21). The number of nitrogens with one attached hydrogen (secondary N) is 2. The van der Waals surface area contributed by atoms with E-state index in [0.717, 1.165) is 43.1 Å². The van der Waals surface area contributed by atoms with Gasteiger partial charge in [0.2, 0.25) is 10.0 Å². The number of aryl methyl sites for hydroxylation is 1. The molecule has 2 aromatic rings. The van der Waals surface area contributed by atoms with Crippen molar-refractivity contribution >= 4 is 15.7 Å². The van der Waals surface area contributed by atoms with Crippen LogP contribution in [0.25, 0.3) is 11.1 Å². The number of rotatable bonds is 5. The predicted molar refractivity (Wildman–Crippen MR) is 98.6 cm³/mol. The molecular weight excluding hydrogens is 340 g/mol. The van der Waals surface area contributed by atoms with Gasteiger partial charge in [0.1, 0.15) is 5.75 Å². The summed E-state index contributed by atoms with van der Waals surface area (Å²) in [7, 11) is -3.37. The van der Waals surface area contributed by atoms with Crippen LogP contribution in [0, 0.1) is 6.92 Å². The van der Waals surface area contributed by atoms with Crippen molar-refractivity contribution in [2.45, 2.75) is 38.7 Å². The number of anilines is 1. The predicted octanol–water partition coefficient (Wildman–Crippen LogP) is 3.04. The van der Waals surface area contributed by atoms with Gasteiger partial charge in [0.15, 0.2) is 0 Å². The number of aromatic amines is 1. The Morgan fingerprint density at radius 2 is 1.92 bits per heavy atom. The van der Waals surface area contributed by atoms with Gasteiger partial charge in [0.25, 0.3) is 5.56 Å². The van der Waals surface area contributed by atoms with E-state index in [1.165, 1.54) is 0 Å². The summed E-state index contributed by atoms with van der Waals surface area (Å²) < 4.78 is 31.7. The zero-order valence-corrected chi connectivity index (χ0v) is 15.2. The second kappa shape index (κ2) is 6.92. The lowest BCUT2D eigenvalue weighted by Gasteiger charge is -2.18. The Morgan fingerprint density at radius 1 is 1.20 bits per heavy atom. The van der Waals surface area contributed by atoms with Crippen LogP contribution >= 0.6 is 0 Å². The first-order valence-electron chi connectivity index (χ1n) is 8.30. The van der Waals surface area contributed by atoms with Crippen molar-refractivity contribution in [1.82, 2.24) is 4.98 Å². The summed E-state index contributed by atoms with van der Waals surface area (Å²) in [4.78, 5) is 14.3. The summed E-state index contributed by atoms with van der Waals surface area (Å²) in [5.41, 5.74) is 2.43. The second-order valence-electron chi connectivity index (χ2n) is 6.51. The Kier molecular flexibility index (Phi) is 4.85. The summed E-state index contributed by atoms with van der Waals surface area (Å²) in [6, 6.07) is 6.98. The average molecular weight is 362 g/mol. The fourth-order valence-corrected chi connectivity index (χ4v) is 3.63. The third-order valence-corrected chi connectivity index (χ3v) is 4.89. The summed E-state index contributed by atoms with van der Waals surface area (Å²) in [5, 5.41) is 0. The zero-order valence-electron chi connectivity index (χ0n) is 14.3. The highest BCUT2D eigenvalue weighted by molar-refractivity contribution is 7.92. The molecule has 0 unspecified atom stereocenters. The van der Waals surface area contributed by atoms with Crippen LogP contribution in [0.5, 0.6) is 5.75 Å². The maximum atomic E-state index is 11.6. The molecular formula is C18H22N2O4S. The molecule has 25 heavy (non-hydrogen) atoms. The molecule has 134 valence electrons. The quantitative estimate of drug-likeness (QED) is 0.856. The van der Waals surface area contributed by atoms with Crippen LogP contribution < -0.4 is 15.0 Å². The molecule has 0 amide bonds. The van der Waals surface area contributed by atoms with E-state index in [1.807, 2.05) is 0 Å². The molecule has 1 fully saturated rings. The van der Waals surface area contributed by atoms with Crippen LogP contribution in [0.1, 0.15) is 31.2 Å². The van der Waals surface area contributed by atoms with E-state index >= 15 is 0 Å². The van der Waals surface area contributed by atoms with Gasteiger partial charge in [0.05, 0.1) is 12.4 Å². The fourth-order valence-electron chi connectivity index (χ4n) is 3.07. The molecule has 3 rings (SSSR count). The molecule has 1 aliphatic carbocycles. The van der Waals surface area contributed by atoms with Crippen LogP contribution in [0.3, 0.4) is 0 Å². The van der Waals surface area contributed by atoms with Crippen molar-refractivity contribution in [1.29, 1.82) is 0 Å². The molecule has 0 atom stereocenters. The van der Waals surface area contributed by atoms with E-state index in [4.69, 9.17) is 4.74 Å². The van der Waals surface area contributed by atoms with Gasteiger partial charge >= 0.3 is 0 Å². The highest BCUT2D eigenvalue weighted by atomic mass is 32.2. The zero-order chi connectivity index (χ0) is 18.0. The van der Waals surface area contributed by atoms with Gasteiger partial charge in [-0.25, -0.2) is 8.42 Å². The van der Waals surface area contributed by atoms with Crippen molar-refractivity contribution in [3.63, 3.8) is 0 Å². The molecule has 1 aromatic heterocycles. The fraction of sp³-hybridized carbons (Fsp3) is 0.389. The van der Waals surface area contributed by atoms with E-state index < -0.39 is 10.0 Å². The van der Waals surface area contributed by atoms with Crippen molar-refractivity contribution in [2.75, 3.05) is 11.0 Å². The van der Waals surface area contributed by atoms with Crippen molar-refractivity contribution in [3.8, 4) is 16.9 Å². The number of aromatic nitrogens is 1. The molecule has 0 spiro atoms. The van der Waals surface area contributed by atoms with E-state index in [9.17, 15) is 13.2 Å². The molecule has 1 aromatic carbocycles. The lowest BCUT2D eigenvalue weighted by atomic mass is 10.0. The molecule has 1 heterocycles. The smallest absolute Gasteiger partial charge is 0.250 e. The lowest BCUT2D eigenvalue weighted by molar-refractivity contribution is 0.211. The SMILES string of the molecule is Cc1cc(-c2cc(NS(C)(=O)=O)ccc2OC2CCCC2)c[nH]c1=O. The topological polar surface area (TPSA) is 88.3 Å². The van der Waals surface area contributed by atoms with Crippen LogP contribution in [-0.4, -0.2) is 25.8 Å². The molecule has 1 saturated carbocycles. The third kappa shape index (κ3) is 4.42. The lowest BCUT2D eigenvalue weighted by Crippen LogP contribution is -2.13. The number of hydrogen-bond donors (Lipinski definition) is 2. The molecule has 0 saturated heterocycles. The highest BCUT2D eigenvalue weighted by Crippen LogP contribution is 2.35. The van der Waals surface area contributed by atoms with Gasteiger partial charge in [-0.2, -0.15) is 0 Å². The normalized spacial score (nSPS) is 15.3. The van der Waals surface area contributed by atoms with Gasteiger partial charge < -0.3 is 9.72 Å². The first-order valence-corrected chi connectivity index (χ1v) is 10.2. The van der Waals surface area contributed by atoms with Crippen molar-refractivity contribution in [2.24, 2.45) is 0 Å². The molecule has 0 bridgehead atoms. The van der Waals surface area contributed by atoms with Gasteiger partial charge in [-0.3, -0.25) is 9.52 Å². The van der Waals surface area contributed by atoms with Gasteiger partial charge in [-0.15, -0.1) is 0 Å². The maximum absolute atomic E-state index is 11.6. The van der Waals surface area contributed by atoms with Gasteiger partial charge in [-0.1, -0.05) is 0 Å². The number of benzene rings is 1. The Balaban J connectivity index is 2.04. The summed E-state index contributed by atoms with van der Waals surface area (Å²) in [6.07, 6.45) is 7.27. The summed E-state index contributed by atoms with van der Waals surface area (Å²) in [5.74, 6) is 0.692. The monoisotopic (exact) mass is 362 g/mol. The molecule has 7 heteroatoms. The Bertz CT molecular complexity index is 928. The van der Waals surface area contributed by atoms with E-state index in [0.29, 0.717) is 17.0 Å². The summed E-state index contributed by atoms with van der Waals surface area (Å²) >= 11 is 0. The number of hydrogen-bond acceptors (Lipinski definition) is 4. The largest absolute Gasteiger partial charge is 0.490 e. The molecule has 1 aliphatic rings. The Hall–Kier alpha value is -2.28. The van der Waals surface area contributed by atoms with E-state index in [2.05, 4.69) is 9.71 Å². The van der Waals surface area contributed by atoms with Crippen molar-refractivity contribution < 1.29 is 13.2 Å². The number of pyridine rings is 1. The average Bonchev–Trinajstić information content (AvgIpc) is 3.03. The molecule has 0 radical (unpaired) electrons. The minimum atomic E-state index is -3.37. The van der Waals surface area contributed by atoms with Crippen LogP contribution in [0.2, 0.25) is 0 Å². The van der Waals surface area contributed by atoms with Gasteiger partial charge in [-0.05, 0) is 56.9 Å². The summed E-state index contributed by atoms with van der Waals surface area (Å²) in [6.45, 7) is 1.73. The minimum Gasteiger partial charge on any atom is -0.490 e. The maximum Gasteiger partial charge on any atom is 0.250 e. The third-order valence-electron chi connectivity index (χ3n) is 4.28. The van der Waals surface area contributed by atoms with Crippen LogP contribution in [0.15, 0.2) is 35.3 Å². The minimum absolute atomic E-state index is 0.146.